The van der Waals surface area contributed by atoms with Crippen molar-refractivity contribution in [3.05, 3.63) is 62.4 Å². The second-order valence-corrected chi connectivity index (χ2v) is 9.46. The lowest BCUT2D eigenvalue weighted by atomic mass is 9.94. The number of esters is 1. The Morgan fingerprint density at radius 3 is 2.37 bits per heavy atom. The van der Waals surface area contributed by atoms with Gasteiger partial charge in [-0.05, 0) is 63.2 Å². The number of hydrogen-bond donors (Lipinski definition) is 2. The van der Waals surface area contributed by atoms with Crippen molar-refractivity contribution in [2.75, 3.05) is 33.3 Å². The minimum atomic E-state index is -0.741. The zero-order valence-electron chi connectivity index (χ0n) is 20.8. The molecule has 0 spiro atoms. The SMILES string of the molecule is CCN(CC)CCCN1C(=O)C(=O)C(=C(O)c2c(C)[nH]c(C(=O)OC)c2C)[C@@H]1c1ccc(Br)cc1. The highest BCUT2D eigenvalue weighted by Crippen LogP contribution is 2.41. The molecule has 0 saturated carbocycles. The fourth-order valence-electron chi connectivity index (χ4n) is 4.65. The number of aryl methyl sites for hydroxylation is 1. The lowest BCUT2D eigenvalue weighted by molar-refractivity contribution is -0.140. The molecule has 188 valence electrons. The Bertz CT molecular complexity index is 1150. The highest BCUT2D eigenvalue weighted by atomic mass is 79.9. The molecule has 1 aliphatic heterocycles. The van der Waals surface area contributed by atoms with Crippen LogP contribution in [-0.2, 0) is 14.3 Å². The van der Waals surface area contributed by atoms with Gasteiger partial charge in [0.25, 0.3) is 11.7 Å². The molecule has 3 rings (SSSR count). The van der Waals surface area contributed by atoms with Crippen molar-refractivity contribution in [1.82, 2.24) is 14.8 Å². The maximum Gasteiger partial charge on any atom is 0.354 e. The highest BCUT2D eigenvalue weighted by molar-refractivity contribution is 9.10. The largest absolute Gasteiger partial charge is 0.507 e. The summed E-state index contributed by atoms with van der Waals surface area (Å²) in [7, 11) is 1.27. The van der Waals surface area contributed by atoms with E-state index in [1.165, 1.54) is 7.11 Å². The summed E-state index contributed by atoms with van der Waals surface area (Å²) in [6.45, 7) is 10.5. The first-order chi connectivity index (χ1) is 16.7. The predicted octanol–water partition coefficient (Wildman–Crippen LogP) is 4.33. The number of carbonyl (C=O) groups is 3. The molecule has 9 heteroatoms. The number of H-pyrrole nitrogens is 1. The maximum atomic E-state index is 13.3. The van der Waals surface area contributed by atoms with Crippen LogP contribution in [0.3, 0.4) is 0 Å². The van der Waals surface area contributed by atoms with E-state index in [-0.39, 0.29) is 17.0 Å². The summed E-state index contributed by atoms with van der Waals surface area (Å²) in [4.78, 5) is 45.3. The van der Waals surface area contributed by atoms with Crippen LogP contribution in [0.15, 0.2) is 34.3 Å². The van der Waals surface area contributed by atoms with E-state index in [0.717, 1.165) is 29.7 Å². The number of aromatic amines is 1. The molecule has 0 aliphatic carbocycles. The number of benzene rings is 1. The van der Waals surface area contributed by atoms with E-state index < -0.39 is 23.7 Å². The van der Waals surface area contributed by atoms with Crippen LogP contribution < -0.4 is 0 Å². The van der Waals surface area contributed by atoms with Crippen LogP contribution >= 0.6 is 15.9 Å². The third kappa shape index (κ3) is 5.21. The first-order valence-electron chi connectivity index (χ1n) is 11.7. The Kier molecular flexibility index (Phi) is 8.56. The number of nitrogens with zero attached hydrogens (tertiary/aromatic N) is 2. The van der Waals surface area contributed by atoms with Gasteiger partial charge in [0.2, 0.25) is 0 Å². The standard InChI is InChI=1S/C26H32BrN3O5/c1-6-29(7-2)13-8-14-30-22(17-9-11-18(27)12-10-17)20(24(32)25(30)33)23(31)19-15(3)21(26(34)35-5)28-16(19)4/h9-12,22,28,31H,6-8,13-14H2,1-5H3/t22-/m0/s1. The number of aromatic nitrogens is 1. The number of ether oxygens (including phenoxy) is 1. The fraction of sp³-hybridized carbons (Fsp3) is 0.423. The average molecular weight is 546 g/mol. The number of ketones is 1. The van der Waals surface area contributed by atoms with Crippen LogP contribution in [0, 0.1) is 13.8 Å². The number of Topliss-reactive ketones (excluding diaryl/α,β-unsaturated/α-hetero) is 1. The van der Waals surface area contributed by atoms with Gasteiger partial charge in [0.1, 0.15) is 11.5 Å². The van der Waals surface area contributed by atoms with Crippen molar-refractivity contribution < 1.29 is 24.2 Å². The summed E-state index contributed by atoms with van der Waals surface area (Å²) in [5.74, 6) is -2.26. The van der Waals surface area contributed by atoms with Crippen LogP contribution in [0.25, 0.3) is 5.76 Å². The maximum absolute atomic E-state index is 13.3. The molecule has 1 saturated heterocycles. The number of aliphatic hydroxyl groups excluding tert-OH is 1. The van der Waals surface area contributed by atoms with Crippen LogP contribution in [0.2, 0.25) is 0 Å². The van der Waals surface area contributed by atoms with E-state index in [1.54, 1.807) is 18.7 Å². The van der Waals surface area contributed by atoms with Gasteiger partial charge in [-0.2, -0.15) is 0 Å². The Labute approximate surface area is 214 Å². The van der Waals surface area contributed by atoms with E-state index in [2.05, 4.69) is 39.7 Å². The summed E-state index contributed by atoms with van der Waals surface area (Å²) in [5, 5.41) is 11.4. The van der Waals surface area contributed by atoms with Crippen LogP contribution in [0.4, 0.5) is 0 Å². The van der Waals surface area contributed by atoms with Crippen LogP contribution in [-0.4, -0.2) is 70.8 Å². The molecule has 0 bridgehead atoms. The third-order valence-corrected chi connectivity index (χ3v) is 7.09. The minimum Gasteiger partial charge on any atom is -0.507 e. The predicted molar refractivity (Wildman–Crippen MR) is 137 cm³/mol. The van der Waals surface area contributed by atoms with Gasteiger partial charge in [0, 0.05) is 22.3 Å². The first kappa shape index (κ1) is 26.7. The third-order valence-electron chi connectivity index (χ3n) is 6.56. The quantitative estimate of drug-likeness (QED) is 0.210. The van der Waals surface area contributed by atoms with Gasteiger partial charge in [-0.3, -0.25) is 9.59 Å². The smallest absolute Gasteiger partial charge is 0.354 e. The average Bonchev–Trinajstić information content (AvgIpc) is 3.28. The molecule has 8 nitrogen and oxygen atoms in total. The molecule has 0 unspecified atom stereocenters. The lowest BCUT2D eigenvalue weighted by Crippen LogP contribution is -2.33. The molecule has 1 fully saturated rings. The van der Waals surface area contributed by atoms with Gasteiger partial charge >= 0.3 is 5.97 Å². The molecule has 2 aromatic rings. The summed E-state index contributed by atoms with van der Waals surface area (Å²) < 4.78 is 5.68. The van der Waals surface area contributed by atoms with Gasteiger partial charge < -0.3 is 24.6 Å². The van der Waals surface area contributed by atoms with Crippen LogP contribution in [0.5, 0.6) is 0 Å². The number of likely N-dealkylation sites (tertiary alicyclic amines) is 1. The Balaban J connectivity index is 2.11. The topological polar surface area (TPSA) is 103 Å². The molecule has 1 amide bonds. The van der Waals surface area contributed by atoms with Crippen molar-refractivity contribution in [2.45, 2.75) is 40.2 Å². The number of hydrogen-bond acceptors (Lipinski definition) is 6. The van der Waals surface area contributed by atoms with Crippen LogP contribution in [0.1, 0.15) is 59.2 Å². The summed E-state index contributed by atoms with van der Waals surface area (Å²) in [6.07, 6.45) is 0.691. The Hall–Kier alpha value is -2.91. The minimum absolute atomic E-state index is 0.0155. The zero-order valence-corrected chi connectivity index (χ0v) is 22.4. The number of rotatable bonds is 9. The van der Waals surface area contributed by atoms with E-state index >= 15 is 0 Å². The summed E-state index contributed by atoms with van der Waals surface area (Å²) in [5.41, 5.74) is 2.21. The Morgan fingerprint density at radius 1 is 1.17 bits per heavy atom. The Morgan fingerprint density at radius 2 is 1.80 bits per heavy atom. The summed E-state index contributed by atoms with van der Waals surface area (Å²) in [6, 6.07) is 6.61. The van der Waals surface area contributed by atoms with Crippen molar-refractivity contribution >= 4 is 39.3 Å². The molecule has 2 N–H and O–H groups in total. The van der Waals surface area contributed by atoms with Crippen molar-refractivity contribution in [3.8, 4) is 0 Å². The van der Waals surface area contributed by atoms with Crippen molar-refractivity contribution in [3.63, 3.8) is 0 Å². The van der Waals surface area contributed by atoms with Crippen molar-refractivity contribution in [2.24, 2.45) is 0 Å². The fourth-order valence-corrected chi connectivity index (χ4v) is 4.92. The molecule has 1 aromatic carbocycles. The van der Waals surface area contributed by atoms with Crippen molar-refractivity contribution in [1.29, 1.82) is 0 Å². The van der Waals surface area contributed by atoms with Gasteiger partial charge in [0.05, 0.1) is 18.7 Å². The second kappa shape index (κ2) is 11.2. The highest BCUT2D eigenvalue weighted by Gasteiger charge is 2.46. The number of nitrogens with one attached hydrogen (secondary N) is 1. The number of carbonyl (C=O) groups excluding carboxylic acids is 3. The molecule has 0 radical (unpaired) electrons. The summed E-state index contributed by atoms with van der Waals surface area (Å²) >= 11 is 3.43. The molecule has 35 heavy (non-hydrogen) atoms. The van der Waals surface area contributed by atoms with E-state index in [4.69, 9.17) is 4.74 Å². The van der Waals surface area contributed by atoms with Gasteiger partial charge in [-0.15, -0.1) is 0 Å². The number of aliphatic hydroxyl groups is 1. The lowest BCUT2D eigenvalue weighted by Gasteiger charge is -2.27. The zero-order chi connectivity index (χ0) is 25.9. The molecule has 2 heterocycles. The number of methoxy groups -OCH3 is 1. The van der Waals surface area contributed by atoms with Gasteiger partial charge in [-0.25, -0.2) is 4.79 Å². The van der Waals surface area contributed by atoms with E-state index in [9.17, 15) is 19.5 Å². The molecular formula is C26H32BrN3O5. The molecule has 1 atom stereocenters. The molecular weight excluding hydrogens is 514 g/mol. The molecule has 1 aromatic heterocycles. The molecule has 1 aliphatic rings. The normalized spacial score (nSPS) is 17.5. The monoisotopic (exact) mass is 545 g/mol. The van der Waals surface area contributed by atoms with Gasteiger partial charge in [0.15, 0.2) is 0 Å². The van der Waals surface area contributed by atoms with Gasteiger partial charge in [-0.1, -0.05) is 41.9 Å². The number of halogens is 1. The second-order valence-electron chi connectivity index (χ2n) is 8.54. The van der Waals surface area contributed by atoms with E-state index in [0.29, 0.717) is 29.8 Å². The number of amides is 1. The van der Waals surface area contributed by atoms with E-state index in [1.807, 2.05) is 24.3 Å². The first-order valence-corrected chi connectivity index (χ1v) is 12.5.